The first-order valence-electron chi connectivity index (χ1n) is 6.00. The largest absolute Gasteiger partial charge is 0.374 e. The summed E-state index contributed by atoms with van der Waals surface area (Å²) >= 11 is 5.93. The third kappa shape index (κ3) is 5.33. The van der Waals surface area contributed by atoms with Crippen LogP contribution in [0.3, 0.4) is 0 Å². The molecule has 0 fully saturated rings. The van der Waals surface area contributed by atoms with E-state index in [2.05, 4.69) is 29.1 Å². The van der Waals surface area contributed by atoms with Crippen LogP contribution in [0.25, 0.3) is 0 Å². The standard InChI is InChI=1S/C12H20ClN3O/c1-4-9(3)7-14-11-6-10(13)15-12(16-11)8-17-5-2/h6,9H,4-5,7-8H2,1-3H3,(H,14,15,16). The zero-order chi connectivity index (χ0) is 12.7. The molecule has 1 atom stereocenters. The number of hydrogen-bond donors (Lipinski definition) is 1. The molecule has 0 spiro atoms. The second-order valence-electron chi connectivity index (χ2n) is 4.02. The Kier molecular flexibility index (Phi) is 6.22. The van der Waals surface area contributed by atoms with Gasteiger partial charge in [0, 0.05) is 19.2 Å². The molecule has 0 amide bonds. The van der Waals surface area contributed by atoms with Crippen LogP contribution in [-0.4, -0.2) is 23.1 Å². The van der Waals surface area contributed by atoms with Gasteiger partial charge in [-0.1, -0.05) is 31.9 Å². The highest BCUT2D eigenvalue weighted by Gasteiger charge is 2.04. The monoisotopic (exact) mass is 257 g/mol. The van der Waals surface area contributed by atoms with Crippen LogP contribution in [0, 0.1) is 5.92 Å². The molecule has 1 aromatic heterocycles. The number of ether oxygens (including phenoxy) is 1. The Morgan fingerprint density at radius 2 is 2.18 bits per heavy atom. The van der Waals surface area contributed by atoms with Gasteiger partial charge in [-0.25, -0.2) is 9.97 Å². The van der Waals surface area contributed by atoms with Crippen LogP contribution in [0.2, 0.25) is 5.15 Å². The summed E-state index contributed by atoms with van der Waals surface area (Å²) in [6, 6.07) is 1.74. The lowest BCUT2D eigenvalue weighted by Gasteiger charge is -2.11. The number of nitrogens with zero attached hydrogens (tertiary/aromatic N) is 2. The molecule has 0 aliphatic carbocycles. The van der Waals surface area contributed by atoms with E-state index in [4.69, 9.17) is 16.3 Å². The van der Waals surface area contributed by atoms with E-state index in [1.165, 1.54) is 0 Å². The fourth-order valence-electron chi connectivity index (χ4n) is 1.24. The van der Waals surface area contributed by atoms with Crippen LogP contribution in [0.15, 0.2) is 6.07 Å². The molecule has 0 radical (unpaired) electrons. The Bertz CT molecular complexity index is 347. The summed E-state index contributed by atoms with van der Waals surface area (Å²) in [4.78, 5) is 8.45. The molecule has 17 heavy (non-hydrogen) atoms. The molecule has 1 aromatic rings. The highest BCUT2D eigenvalue weighted by molar-refractivity contribution is 6.29. The third-order valence-corrected chi connectivity index (χ3v) is 2.70. The van der Waals surface area contributed by atoms with Crippen molar-refractivity contribution in [3.05, 3.63) is 17.0 Å². The number of nitrogens with one attached hydrogen (secondary N) is 1. The molecular formula is C12H20ClN3O. The van der Waals surface area contributed by atoms with Crippen molar-refractivity contribution in [3.8, 4) is 0 Å². The van der Waals surface area contributed by atoms with E-state index in [0.29, 0.717) is 30.1 Å². The summed E-state index contributed by atoms with van der Waals surface area (Å²) in [5, 5.41) is 3.71. The Hall–Kier alpha value is -0.870. The van der Waals surface area contributed by atoms with E-state index in [-0.39, 0.29) is 0 Å². The van der Waals surface area contributed by atoms with Crippen LogP contribution in [-0.2, 0) is 11.3 Å². The molecule has 0 aliphatic rings. The summed E-state index contributed by atoms with van der Waals surface area (Å²) in [6.07, 6.45) is 1.14. The number of anilines is 1. The molecule has 0 saturated heterocycles. The van der Waals surface area contributed by atoms with Crippen LogP contribution in [0.5, 0.6) is 0 Å². The number of aromatic nitrogens is 2. The molecule has 1 N–H and O–H groups in total. The lowest BCUT2D eigenvalue weighted by molar-refractivity contribution is 0.128. The average Bonchev–Trinajstić information content (AvgIpc) is 2.32. The predicted octanol–water partition coefficient (Wildman–Crippen LogP) is 3.12. The molecule has 0 aliphatic heterocycles. The topological polar surface area (TPSA) is 47.0 Å². The SMILES string of the molecule is CCOCc1nc(Cl)cc(NCC(C)CC)n1. The van der Waals surface area contributed by atoms with E-state index < -0.39 is 0 Å². The fraction of sp³-hybridized carbons (Fsp3) is 0.667. The van der Waals surface area contributed by atoms with E-state index in [0.717, 1.165) is 18.8 Å². The molecule has 4 nitrogen and oxygen atoms in total. The first kappa shape index (κ1) is 14.2. The van der Waals surface area contributed by atoms with Gasteiger partial charge in [-0.3, -0.25) is 0 Å². The molecule has 96 valence electrons. The minimum atomic E-state index is 0.398. The Morgan fingerprint density at radius 3 is 2.82 bits per heavy atom. The molecule has 0 saturated carbocycles. The van der Waals surface area contributed by atoms with Gasteiger partial charge >= 0.3 is 0 Å². The van der Waals surface area contributed by atoms with Gasteiger partial charge in [0.1, 0.15) is 17.6 Å². The zero-order valence-electron chi connectivity index (χ0n) is 10.7. The minimum absolute atomic E-state index is 0.398. The van der Waals surface area contributed by atoms with Crippen molar-refractivity contribution < 1.29 is 4.74 Å². The Balaban J connectivity index is 2.61. The maximum atomic E-state index is 5.93. The first-order valence-corrected chi connectivity index (χ1v) is 6.38. The van der Waals surface area contributed by atoms with Crippen molar-refractivity contribution in [1.29, 1.82) is 0 Å². The molecule has 1 heterocycles. The summed E-state index contributed by atoms with van der Waals surface area (Å²) in [7, 11) is 0. The highest BCUT2D eigenvalue weighted by Crippen LogP contribution is 2.13. The van der Waals surface area contributed by atoms with Crippen molar-refractivity contribution >= 4 is 17.4 Å². The van der Waals surface area contributed by atoms with Gasteiger partial charge in [0.15, 0.2) is 5.82 Å². The summed E-state index contributed by atoms with van der Waals surface area (Å²) < 4.78 is 5.26. The molecule has 0 bridgehead atoms. The van der Waals surface area contributed by atoms with Gasteiger partial charge in [0.2, 0.25) is 0 Å². The number of hydrogen-bond acceptors (Lipinski definition) is 4. The Labute approximate surface area is 108 Å². The molecule has 1 unspecified atom stereocenters. The fourth-order valence-corrected chi connectivity index (χ4v) is 1.44. The van der Waals surface area contributed by atoms with E-state index in [1.807, 2.05) is 6.92 Å². The maximum Gasteiger partial charge on any atom is 0.158 e. The summed E-state index contributed by atoms with van der Waals surface area (Å²) in [5.41, 5.74) is 0. The van der Waals surface area contributed by atoms with Crippen LogP contribution in [0.4, 0.5) is 5.82 Å². The second kappa shape index (κ2) is 7.45. The van der Waals surface area contributed by atoms with Crippen LogP contribution >= 0.6 is 11.6 Å². The van der Waals surface area contributed by atoms with Crippen molar-refractivity contribution in [3.63, 3.8) is 0 Å². The van der Waals surface area contributed by atoms with Crippen molar-refractivity contribution in [1.82, 2.24) is 9.97 Å². The number of rotatable bonds is 7. The van der Waals surface area contributed by atoms with Crippen molar-refractivity contribution in [2.45, 2.75) is 33.8 Å². The number of halogens is 1. The lowest BCUT2D eigenvalue weighted by Crippen LogP contribution is -2.12. The molecule has 0 aromatic carbocycles. The molecule has 1 rings (SSSR count). The second-order valence-corrected chi connectivity index (χ2v) is 4.41. The van der Waals surface area contributed by atoms with Gasteiger partial charge in [-0.2, -0.15) is 0 Å². The van der Waals surface area contributed by atoms with Gasteiger partial charge in [0.25, 0.3) is 0 Å². The Morgan fingerprint density at radius 1 is 1.41 bits per heavy atom. The van der Waals surface area contributed by atoms with Crippen molar-refractivity contribution in [2.75, 3.05) is 18.5 Å². The summed E-state index contributed by atoms with van der Waals surface area (Å²) in [6.45, 7) is 8.22. The zero-order valence-corrected chi connectivity index (χ0v) is 11.4. The summed E-state index contributed by atoms with van der Waals surface area (Å²) in [5.74, 6) is 1.99. The van der Waals surface area contributed by atoms with E-state index in [1.54, 1.807) is 6.07 Å². The average molecular weight is 258 g/mol. The highest BCUT2D eigenvalue weighted by atomic mass is 35.5. The van der Waals surface area contributed by atoms with Crippen LogP contribution in [0.1, 0.15) is 33.0 Å². The maximum absolute atomic E-state index is 5.93. The smallest absolute Gasteiger partial charge is 0.158 e. The van der Waals surface area contributed by atoms with Crippen LogP contribution < -0.4 is 5.32 Å². The molecule has 5 heteroatoms. The third-order valence-electron chi connectivity index (χ3n) is 2.51. The van der Waals surface area contributed by atoms with Gasteiger partial charge in [0.05, 0.1) is 0 Å². The van der Waals surface area contributed by atoms with E-state index >= 15 is 0 Å². The van der Waals surface area contributed by atoms with Gasteiger partial charge in [-0.05, 0) is 12.8 Å². The minimum Gasteiger partial charge on any atom is -0.374 e. The lowest BCUT2D eigenvalue weighted by atomic mass is 10.1. The van der Waals surface area contributed by atoms with E-state index in [9.17, 15) is 0 Å². The van der Waals surface area contributed by atoms with Crippen molar-refractivity contribution in [2.24, 2.45) is 5.92 Å². The quantitative estimate of drug-likeness (QED) is 0.763. The van der Waals surface area contributed by atoms with Gasteiger partial charge in [-0.15, -0.1) is 0 Å². The first-order chi connectivity index (χ1) is 8.15. The molecular weight excluding hydrogens is 238 g/mol. The normalized spacial score (nSPS) is 12.5. The predicted molar refractivity (Wildman–Crippen MR) is 70.3 cm³/mol. The van der Waals surface area contributed by atoms with Gasteiger partial charge < -0.3 is 10.1 Å².